The molecule has 1 amide bonds. The number of amides is 1. The van der Waals surface area contributed by atoms with Crippen LogP contribution in [0.25, 0.3) is 0 Å². The molecule has 6 nitrogen and oxygen atoms in total. The van der Waals surface area contributed by atoms with Crippen LogP contribution in [-0.2, 0) is 24.4 Å². The van der Waals surface area contributed by atoms with Gasteiger partial charge in [-0.3, -0.25) is 0 Å². The Morgan fingerprint density at radius 2 is 1.94 bits per heavy atom. The monoisotopic (exact) mass is 461 g/mol. The van der Waals surface area contributed by atoms with Crippen LogP contribution < -0.4 is 10.2 Å². The van der Waals surface area contributed by atoms with Crippen LogP contribution in [0.15, 0.2) is 18.2 Å². The molecule has 33 heavy (non-hydrogen) atoms. The number of ether oxygens (including phenoxy) is 2. The first-order valence-electron chi connectivity index (χ1n) is 11.6. The molecule has 1 aromatic carbocycles. The molecule has 0 bridgehead atoms. The van der Waals surface area contributed by atoms with Gasteiger partial charge in [0.05, 0.1) is 12.2 Å². The maximum absolute atomic E-state index is 14.1. The molecule has 1 aliphatic carbocycles. The number of hydrogen-bond donors (Lipinski definition) is 0. The summed E-state index contributed by atoms with van der Waals surface area (Å²) in [6.45, 7) is 6.30. The summed E-state index contributed by atoms with van der Waals surface area (Å²) in [7, 11) is 3.54. The van der Waals surface area contributed by atoms with Crippen LogP contribution in [0.2, 0.25) is 0 Å². The molecule has 0 saturated heterocycles. The van der Waals surface area contributed by atoms with Crippen LogP contribution in [-0.4, -0.2) is 41.3 Å². The fraction of sp³-hybridized carbons (Fsp3) is 0.583. The second kappa shape index (κ2) is 10.6. The van der Waals surface area contributed by atoms with E-state index in [9.17, 15) is 13.6 Å². The topological polar surface area (TPSA) is 56.6 Å². The average molecular weight is 461 g/mol. The molecule has 0 aliphatic heterocycles. The summed E-state index contributed by atoms with van der Waals surface area (Å²) in [5.41, 5.74) is 1.02. The van der Waals surface area contributed by atoms with Crippen LogP contribution in [0.1, 0.15) is 64.1 Å². The van der Waals surface area contributed by atoms with Crippen molar-refractivity contribution in [2.45, 2.75) is 78.2 Å². The first-order chi connectivity index (χ1) is 15.5. The second-order valence-electron chi connectivity index (χ2n) is 9.92. The van der Waals surface area contributed by atoms with Crippen molar-refractivity contribution in [3.05, 3.63) is 41.1 Å². The molecule has 180 valence electrons. The van der Waals surface area contributed by atoms with Crippen molar-refractivity contribution >= 4 is 19.4 Å². The predicted molar refractivity (Wildman–Crippen MR) is 125 cm³/mol. The van der Waals surface area contributed by atoms with Crippen molar-refractivity contribution in [3.8, 4) is 5.88 Å². The third-order valence-corrected chi connectivity index (χ3v) is 5.85. The van der Waals surface area contributed by atoms with Gasteiger partial charge in [-0.1, -0.05) is 19.3 Å². The van der Waals surface area contributed by atoms with Gasteiger partial charge in [0.2, 0.25) is 5.88 Å². The number of halogens is 2. The molecule has 0 radical (unpaired) electrons. The minimum absolute atomic E-state index is 0.109. The Morgan fingerprint density at radius 3 is 2.61 bits per heavy atom. The zero-order valence-electron chi connectivity index (χ0n) is 20.3. The zero-order valence-corrected chi connectivity index (χ0v) is 20.3. The maximum atomic E-state index is 14.1. The van der Waals surface area contributed by atoms with Crippen molar-refractivity contribution < 1.29 is 23.0 Å². The highest BCUT2D eigenvalue weighted by atomic mass is 19.1. The molecule has 0 unspecified atom stereocenters. The van der Waals surface area contributed by atoms with E-state index >= 15 is 0 Å². The maximum Gasteiger partial charge on any atom is 0.410 e. The predicted octanol–water partition coefficient (Wildman–Crippen LogP) is 3.95. The van der Waals surface area contributed by atoms with E-state index in [1.54, 1.807) is 7.05 Å². The minimum Gasteiger partial charge on any atom is -0.473 e. The molecule has 0 N–H and O–H groups in total. The molecule has 0 atom stereocenters. The molecule has 1 fully saturated rings. The Kier molecular flexibility index (Phi) is 8.03. The van der Waals surface area contributed by atoms with Gasteiger partial charge in [-0.2, -0.15) is 5.10 Å². The third kappa shape index (κ3) is 6.95. The lowest BCUT2D eigenvalue weighted by Crippen LogP contribution is -2.34. The molecule has 1 aromatic heterocycles. The van der Waals surface area contributed by atoms with Crippen LogP contribution in [0, 0.1) is 17.6 Å². The van der Waals surface area contributed by atoms with E-state index in [-0.39, 0.29) is 18.7 Å². The first kappa shape index (κ1) is 25.1. The Morgan fingerprint density at radius 1 is 1.24 bits per heavy atom. The molecule has 1 saturated carbocycles. The average Bonchev–Trinajstić information content (AvgIpc) is 3.02. The summed E-state index contributed by atoms with van der Waals surface area (Å²) in [6.07, 6.45) is 5.47. The number of carbonyl (C=O) groups is 1. The van der Waals surface area contributed by atoms with E-state index in [0.29, 0.717) is 24.0 Å². The number of aromatic nitrogens is 2. The van der Waals surface area contributed by atoms with Gasteiger partial charge in [-0.25, -0.2) is 18.3 Å². The molecule has 0 spiro atoms. The summed E-state index contributed by atoms with van der Waals surface area (Å²) < 4.78 is 41.0. The van der Waals surface area contributed by atoms with Gasteiger partial charge in [0.25, 0.3) is 0 Å². The van der Waals surface area contributed by atoms with Crippen LogP contribution in [0.4, 0.5) is 13.6 Å². The van der Waals surface area contributed by atoms with Crippen LogP contribution in [0.5, 0.6) is 5.88 Å². The van der Waals surface area contributed by atoms with Crippen molar-refractivity contribution in [1.82, 2.24) is 14.7 Å². The van der Waals surface area contributed by atoms with Crippen molar-refractivity contribution in [2.75, 3.05) is 7.05 Å². The highest BCUT2D eigenvalue weighted by Crippen LogP contribution is 2.27. The van der Waals surface area contributed by atoms with Crippen LogP contribution >= 0.6 is 0 Å². The van der Waals surface area contributed by atoms with Gasteiger partial charge in [0.15, 0.2) is 0 Å². The standard InChI is InChI=1S/C24H34BF2N3O3/c1-24(2,3)33-23(31)29(4)14-20-21(25)22(30(28-20)13-16-8-6-5-7-9-16)32-15-17-12-18(26)10-11-19(17)27/h10-12,16H,5-9,13-15,25H2,1-4H3. The fourth-order valence-electron chi connectivity index (χ4n) is 4.08. The van der Waals surface area contributed by atoms with Gasteiger partial charge in [-0.15, -0.1) is 0 Å². The number of rotatable bonds is 7. The first-order valence-corrected chi connectivity index (χ1v) is 11.6. The smallest absolute Gasteiger partial charge is 0.410 e. The van der Waals surface area contributed by atoms with Crippen molar-refractivity contribution in [3.63, 3.8) is 0 Å². The van der Waals surface area contributed by atoms with E-state index in [2.05, 4.69) is 0 Å². The third-order valence-electron chi connectivity index (χ3n) is 5.85. The molecular formula is C24H34BF2N3O3. The SMILES string of the molecule is Bc1c(CN(C)C(=O)OC(C)(C)C)nn(CC2CCCCC2)c1OCc1cc(F)ccc1F. The fourth-order valence-corrected chi connectivity index (χ4v) is 4.08. The molecule has 3 rings (SSSR count). The van der Waals surface area contributed by atoms with E-state index in [1.165, 1.54) is 24.2 Å². The lowest BCUT2D eigenvalue weighted by atomic mass is 9.89. The lowest BCUT2D eigenvalue weighted by molar-refractivity contribution is 0.0283. The molecule has 2 aromatic rings. The van der Waals surface area contributed by atoms with Gasteiger partial charge in [0, 0.05) is 19.2 Å². The number of nitrogens with zero attached hydrogens (tertiary/aromatic N) is 3. The van der Waals surface area contributed by atoms with Crippen LogP contribution in [0.3, 0.4) is 0 Å². The Labute approximate surface area is 195 Å². The summed E-state index contributed by atoms with van der Waals surface area (Å²) in [4.78, 5) is 13.9. The highest BCUT2D eigenvalue weighted by Gasteiger charge is 2.24. The normalized spacial score (nSPS) is 14.8. The van der Waals surface area contributed by atoms with E-state index in [0.717, 1.165) is 36.5 Å². The Hall–Kier alpha value is -2.58. The lowest BCUT2D eigenvalue weighted by Gasteiger charge is -2.24. The largest absolute Gasteiger partial charge is 0.473 e. The van der Waals surface area contributed by atoms with Crippen molar-refractivity contribution in [1.29, 1.82) is 0 Å². The summed E-state index contributed by atoms with van der Waals surface area (Å²) in [5, 5.41) is 4.75. The summed E-state index contributed by atoms with van der Waals surface area (Å²) >= 11 is 0. The van der Waals surface area contributed by atoms with E-state index in [4.69, 9.17) is 14.6 Å². The van der Waals surface area contributed by atoms with E-state index in [1.807, 2.05) is 33.3 Å². The minimum atomic E-state index is -0.593. The molecular weight excluding hydrogens is 427 g/mol. The quantitative estimate of drug-likeness (QED) is 0.587. The number of hydrogen-bond acceptors (Lipinski definition) is 4. The number of carbonyl (C=O) groups excluding carboxylic acids is 1. The van der Waals surface area contributed by atoms with Gasteiger partial charge >= 0.3 is 6.09 Å². The van der Waals surface area contributed by atoms with Gasteiger partial charge < -0.3 is 14.4 Å². The molecule has 1 heterocycles. The van der Waals surface area contributed by atoms with E-state index < -0.39 is 23.3 Å². The number of benzene rings is 1. The highest BCUT2D eigenvalue weighted by molar-refractivity contribution is 6.35. The summed E-state index contributed by atoms with van der Waals surface area (Å²) in [6, 6.07) is 3.33. The second-order valence-corrected chi connectivity index (χ2v) is 9.92. The van der Waals surface area contributed by atoms with Crippen molar-refractivity contribution in [2.24, 2.45) is 5.92 Å². The Balaban J connectivity index is 1.81. The summed E-state index contributed by atoms with van der Waals surface area (Å²) in [5.74, 6) is -0.0149. The van der Waals surface area contributed by atoms with Gasteiger partial charge in [-0.05, 0) is 63.2 Å². The van der Waals surface area contributed by atoms with Gasteiger partial charge in [0.1, 0.15) is 31.7 Å². The Bertz CT molecular complexity index is 969. The zero-order chi connectivity index (χ0) is 24.2. The molecule has 1 aliphatic rings. The molecule has 9 heteroatoms.